The Bertz CT molecular complexity index is 565. The summed E-state index contributed by atoms with van der Waals surface area (Å²) in [5.41, 5.74) is 1.83. The van der Waals surface area contributed by atoms with Crippen LogP contribution in [0.15, 0.2) is 5.16 Å². The molecule has 7 nitrogen and oxygen atoms in total. The summed E-state index contributed by atoms with van der Waals surface area (Å²) < 4.78 is 3.60. The van der Waals surface area contributed by atoms with E-state index in [1.54, 1.807) is 21.1 Å². The lowest BCUT2D eigenvalue weighted by Crippen LogP contribution is -2.20. The van der Waals surface area contributed by atoms with Crippen LogP contribution >= 0.6 is 23.4 Å². The molecular formula is C11H18ClN7S. The first kappa shape index (κ1) is 15.3. The van der Waals surface area contributed by atoms with E-state index in [2.05, 4.69) is 32.9 Å². The summed E-state index contributed by atoms with van der Waals surface area (Å²) >= 11 is 7.79. The third-order valence-corrected chi connectivity index (χ3v) is 4.31. The molecule has 0 aliphatic rings. The lowest BCUT2D eigenvalue weighted by Gasteiger charge is -2.05. The fraction of sp³-hybridized carbons (Fsp3) is 0.636. The predicted molar refractivity (Wildman–Crippen MR) is 78.9 cm³/mol. The minimum Gasteiger partial charge on any atom is -0.315 e. The monoisotopic (exact) mass is 315 g/mol. The number of hydrogen-bond acceptors (Lipinski definition) is 6. The second kappa shape index (κ2) is 7.05. The predicted octanol–water partition coefficient (Wildman–Crippen LogP) is 1.27. The lowest BCUT2D eigenvalue weighted by molar-refractivity contribution is 0.517. The third-order valence-electron chi connectivity index (χ3n) is 2.85. The van der Waals surface area contributed by atoms with E-state index in [0.29, 0.717) is 10.8 Å². The summed E-state index contributed by atoms with van der Waals surface area (Å²) in [7, 11) is 1.89. The topological polar surface area (TPSA) is 73.5 Å². The van der Waals surface area contributed by atoms with Crippen molar-refractivity contribution in [1.29, 1.82) is 0 Å². The number of thioether (sulfide) groups is 1. The van der Waals surface area contributed by atoms with Gasteiger partial charge in [-0.3, -0.25) is 4.68 Å². The van der Waals surface area contributed by atoms with Gasteiger partial charge in [-0.05, 0) is 23.9 Å². The van der Waals surface area contributed by atoms with Crippen LogP contribution in [0.5, 0.6) is 0 Å². The molecule has 0 aliphatic heterocycles. The quantitative estimate of drug-likeness (QED) is 0.613. The SMILES string of the molecule is CCNCCn1nnnc1SCc1c(Cl)c(C)nn1C. The maximum absolute atomic E-state index is 6.23. The molecule has 0 saturated heterocycles. The molecule has 2 aromatic heterocycles. The van der Waals surface area contributed by atoms with Crippen molar-refractivity contribution in [2.24, 2.45) is 7.05 Å². The molecule has 2 aromatic rings. The van der Waals surface area contributed by atoms with Gasteiger partial charge in [0.2, 0.25) is 5.16 Å². The molecule has 0 aromatic carbocycles. The summed E-state index contributed by atoms with van der Waals surface area (Å²) in [5, 5.41) is 20.8. The zero-order chi connectivity index (χ0) is 14.5. The van der Waals surface area contributed by atoms with Crippen LogP contribution in [0, 0.1) is 6.92 Å². The lowest BCUT2D eigenvalue weighted by atomic mass is 10.4. The second-order valence-corrected chi connectivity index (χ2v) is 5.62. The molecule has 0 bridgehead atoms. The Kier molecular flexibility index (Phi) is 5.38. The average molecular weight is 316 g/mol. The Balaban J connectivity index is 1.99. The fourth-order valence-electron chi connectivity index (χ4n) is 1.77. The smallest absolute Gasteiger partial charge is 0.209 e. The number of likely N-dealkylation sites (N-methyl/N-ethyl adjacent to an activating group) is 1. The van der Waals surface area contributed by atoms with Gasteiger partial charge in [-0.15, -0.1) is 5.10 Å². The highest BCUT2D eigenvalue weighted by atomic mass is 35.5. The van der Waals surface area contributed by atoms with Crippen LogP contribution in [0.3, 0.4) is 0 Å². The largest absolute Gasteiger partial charge is 0.315 e. The van der Waals surface area contributed by atoms with Crippen molar-refractivity contribution < 1.29 is 0 Å². The summed E-state index contributed by atoms with van der Waals surface area (Å²) in [4.78, 5) is 0. The van der Waals surface area contributed by atoms with Crippen molar-refractivity contribution in [2.75, 3.05) is 13.1 Å². The Labute approximate surface area is 127 Å². The van der Waals surface area contributed by atoms with Crippen LogP contribution in [0.25, 0.3) is 0 Å². The molecule has 2 rings (SSSR count). The highest BCUT2D eigenvalue weighted by molar-refractivity contribution is 7.98. The van der Waals surface area contributed by atoms with Crippen LogP contribution < -0.4 is 5.32 Å². The summed E-state index contributed by atoms with van der Waals surface area (Å²) in [5.74, 6) is 0.692. The number of nitrogens with one attached hydrogen (secondary N) is 1. The third kappa shape index (κ3) is 3.50. The first-order valence-corrected chi connectivity index (χ1v) is 7.77. The molecule has 20 heavy (non-hydrogen) atoms. The molecule has 0 aliphatic carbocycles. The zero-order valence-corrected chi connectivity index (χ0v) is 13.4. The van der Waals surface area contributed by atoms with Gasteiger partial charge in [0.05, 0.1) is 23.0 Å². The Morgan fingerprint density at radius 3 is 2.85 bits per heavy atom. The highest BCUT2D eigenvalue weighted by Crippen LogP contribution is 2.26. The van der Waals surface area contributed by atoms with Crippen LogP contribution in [-0.4, -0.2) is 43.1 Å². The van der Waals surface area contributed by atoms with Gasteiger partial charge in [-0.25, -0.2) is 4.68 Å². The molecule has 0 saturated carbocycles. The van der Waals surface area contributed by atoms with Crippen LogP contribution in [0.2, 0.25) is 5.02 Å². The number of halogens is 1. The van der Waals surface area contributed by atoms with E-state index in [-0.39, 0.29) is 0 Å². The van der Waals surface area contributed by atoms with Crippen molar-refractivity contribution in [2.45, 2.75) is 31.3 Å². The molecule has 2 heterocycles. The van der Waals surface area contributed by atoms with Crippen molar-refractivity contribution in [1.82, 2.24) is 35.3 Å². The first-order valence-electron chi connectivity index (χ1n) is 6.41. The van der Waals surface area contributed by atoms with E-state index in [1.807, 2.05) is 14.0 Å². The van der Waals surface area contributed by atoms with E-state index < -0.39 is 0 Å². The molecule has 0 fully saturated rings. The van der Waals surface area contributed by atoms with Crippen LogP contribution in [-0.2, 0) is 19.3 Å². The normalized spacial score (nSPS) is 11.2. The molecule has 1 N–H and O–H groups in total. The Hall–Kier alpha value is -1.12. The van der Waals surface area contributed by atoms with E-state index in [0.717, 1.165) is 36.2 Å². The van der Waals surface area contributed by atoms with Gasteiger partial charge in [0.25, 0.3) is 0 Å². The number of tetrazole rings is 1. The van der Waals surface area contributed by atoms with Gasteiger partial charge < -0.3 is 5.32 Å². The molecular weight excluding hydrogens is 298 g/mol. The summed E-state index contributed by atoms with van der Waals surface area (Å²) in [6.07, 6.45) is 0. The van der Waals surface area contributed by atoms with Crippen molar-refractivity contribution in [3.8, 4) is 0 Å². The minimum absolute atomic E-state index is 0.692. The number of rotatable bonds is 7. The Morgan fingerprint density at radius 2 is 2.20 bits per heavy atom. The van der Waals surface area contributed by atoms with Crippen molar-refractivity contribution in [3.05, 3.63) is 16.4 Å². The van der Waals surface area contributed by atoms with E-state index in [1.165, 1.54) is 0 Å². The summed E-state index contributed by atoms with van der Waals surface area (Å²) in [6, 6.07) is 0. The molecule has 0 unspecified atom stereocenters. The molecule has 9 heteroatoms. The standard InChI is InChI=1S/C11H18ClN7S/c1-4-13-5-6-19-11(14-16-17-19)20-7-9-10(12)8(2)15-18(9)3/h13H,4-7H2,1-3H3. The van der Waals surface area contributed by atoms with E-state index >= 15 is 0 Å². The molecule has 0 amide bonds. The van der Waals surface area contributed by atoms with Gasteiger partial charge >= 0.3 is 0 Å². The number of aryl methyl sites for hydroxylation is 2. The minimum atomic E-state index is 0.692. The molecule has 110 valence electrons. The van der Waals surface area contributed by atoms with Gasteiger partial charge in [0, 0.05) is 19.3 Å². The van der Waals surface area contributed by atoms with Gasteiger partial charge in [-0.1, -0.05) is 30.3 Å². The van der Waals surface area contributed by atoms with Gasteiger partial charge in [0.15, 0.2) is 0 Å². The fourth-order valence-corrected chi connectivity index (χ4v) is 3.05. The van der Waals surface area contributed by atoms with Gasteiger partial charge in [-0.2, -0.15) is 5.10 Å². The summed E-state index contributed by atoms with van der Waals surface area (Å²) in [6.45, 7) is 6.51. The van der Waals surface area contributed by atoms with Gasteiger partial charge in [0.1, 0.15) is 0 Å². The number of hydrogen-bond donors (Lipinski definition) is 1. The molecule has 0 radical (unpaired) electrons. The first-order chi connectivity index (χ1) is 9.63. The maximum atomic E-state index is 6.23. The van der Waals surface area contributed by atoms with Crippen molar-refractivity contribution >= 4 is 23.4 Å². The van der Waals surface area contributed by atoms with E-state index in [4.69, 9.17) is 11.6 Å². The van der Waals surface area contributed by atoms with Crippen LogP contribution in [0.4, 0.5) is 0 Å². The maximum Gasteiger partial charge on any atom is 0.209 e. The zero-order valence-electron chi connectivity index (χ0n) is 11.8. The second-order valence-electron chi connectivity index (χ2n) is 4.30. The highest BCUT2D eigenvalue weighted by Gasteiger charge is 2.13. The number of nitrogens with zero attached hydrogens (tertiary/aromatic N) is 6. The molecule has 0 spiro atoms. The van der Waals surface area contributed by atoms with E-state index in [9.17, 15) is 0 Å². The molecule has 0 atom stereocenters. The van der Waals surface area contributed by atoms with Crippen LogP contribution in [0.1, 0.15) is 18.3 Å². The number of aromatic nitrogens is 6. The average Bonchev–Trinajstić information content (AvgIpc) is 2.95. The van der Waals surface area contributed by atoms with Crippen molar-refractivity contribution in [3.63, 3.8) is 0 Å². The Morgan fingerprint density at radius 1 is 1.40 bits per heavy atom.